The van der Waals surface area contributed by atoms with Crippen molar-refractivity contribution in [3.8, 4) is 23.0 Å². The molecular weight excluding hydrogens is 608 g/mol. The van der Waals surface area contributed by atoms with Gasteiger partial charge in [-0.2, -0.15) is 0 Å². The molecule has 0 fully saturated rings. The number of methoxy groups -OCH3 is 1. The second-order valence-electron chi connectivity index (χ2n) is 12.3. The molecule has 48 heavy (non-hydrogen) atoms. The van der Waals surface area contributed by atoms with Gasteiger partial charge in [0.25, 0.3) is 0 Å². The molecule has 0 aliphatic carbocycles. The van der Waals surface area contributed by atoms with Crippen molar-refractivity contribution in [2.45, 2.75) is 39.0 Å². The largest absolute Gasteiger partial charge is 0.497 e. The Labute approximate surface area is 282 Å². The number of benzene rings is 4. The summed E-state index contributed by atoms with van der Waals surface area (Å²) in [5.74, 6) is 2.69. The molecule has 0 bridgehead atoms. The van der Waals surface area contributed by atoms with Crippen LogP contribution in [0, 0.1) is 5.92 Å². The van der Waals surface area contributed by atoms with Crippen LogP contribution in [0.2, 0.25) is 0 Å². The van der Waals surface area contributed by atoms with Crippen molar-refractivity contribution >= 4 is 23.3 Å². The number of ether oxygens (including phenoxy) is 3. The maximum atomic E-state index is 13.6. The smallest absolute Gasteiger partial charge is 0.323 e. The first-order chi connectivity index (χ1) is 23.2. The molecule has 0 aromatic heterocycles. The summed E-state index contributed by atoms with van der Waals surface area (Å²) in [4.78, 5) is 30.3. The number of fused-ring (bicyclic) bond motifs is 1. The zero-order valence-corrected chi connectivity index (χ0v) is 27.9. The Morgan fingerprint density at radius 2 is 1.60 bits per heavy atom. The Bertz CT molecular complexity index is 1650. The van der Waals surface area contributed by atoms with E-state index in [0.717, 1.165) is 17.1 Å². The predicted molar refractivity (Wildman–Crippen MR) is 187 cm³/mol. The van der Waals surface area contributed by atoms with Crippen LogP contribution in [0.3, 0.4) is 0 Å². The molecule has 1 heterocycles. The number of hydrogen-bond donors (Lipinski definition) is 3. The lowest BCUT2D eigenvalue weighted by atomic mass is 10.0. The van der Waals surface area contributed by atoms with E-state index < -0.39 is 6.03 Å². The fourth-order valence-electron chi connectivity index (χ4n) is 5.66. The van der Waals surface area contributed by atoms with Crippen molar-refractivity contribution in [2.24, 2.45) is 5.92 Å². The summed E-state index contributed by atoms with van der Waals surface area (Å²) in [6.45, 7) is 5.50. The SMILES string of the molecule is COc1ccc(NC(=O)Nc2ccc3c(c2)CC(=O)N([C@@H](C)CO)C[C@H](C)[C@H](CN(C)Cc2ccc(Oc4ccccc4)cc2)O3)cc1. The summed E-state index contributed by atoms with van der Waals surface area (Å²) in [6, 6.07) is 29.3. The van der Waals surface area contributed by atoms with Crippen molar-refractivity contribution < 1.29 is 28.9 Å². The summed E-state index contributed by atoms with van der Waals surface area (Å²) in [6.07, 6.45) is -0.187. The van der Waals surface area contributed by atoms with Gasteiger partial charge < -0.3 is 34.9 Å². The van der Waals surface area contributed by atoms with Crippen molar-refractivity contribution in [3.05, 3.63) is 108 Å². The van der Waals surface area contributed by atoms with E-state index in [0.29, 0.717) is 48.1 Å². The van der Waals surface area contributed by atoms with E-state index in [2.05, 4.69) is 34.6 Å². The standard InChI is InChI=1S/C38H44N4O6/c1-26-22-42(27(2)25-43)37(44)21-29-20-31(40-38(45)39-30-12-17-32(46-4)18-13-30)14-19-35(29)48-36(26)24-41(3)23-28-10-15-34(16-11-28)47-33-8-6-5-7-9-33/h5-20,26-27,36,43H,21-25H2,1-4H3,(H2,39,40,45)/t26-,27-,36-/m0/s1. The molecule has 252 valence electrons. The lowest BCUT2D eigenvalue weighted by Gasteiger charge is -2.34. The lowest BCUT2D eigenvalue weighted by Crippen LogP contribution is -2.47. The minimum absolute atomic E-state index is 0.0360. The first-order valence-electron chi connectivity index (χ1n) is 16.1. The summed E-state index contributed by atoms with van der Waals surface area (Å²) >= 11 is 0. The van der Waals surface area contributed by atoms with Gasteiger partial charge in [0, 0.05) is 42.5 Å². The topological polar surface area (TPSA) is 113 Å². The molecule has 1 aliphatic heterocycles. The van der Waals surface area contributed by atoms with Crippen molar-refractivity contribution in [3.63, 3.8) is 0 Å². The fraction of sp³-hybridized carbons (Fsp3) is 0.316. The molecule has 0 saturated heterocycles. The number of nitrogens with one attached hydrogen (secondary N) is 2. The van der Waals surface area contributed by atoms with E-state index in [-0.39, 0.29) is 37.0 Å². The highest BCUT2D eigenvalue weighted by atomic mass is 16.5. The minimum atomic E-state index is -0.418. The fourth-order valence-corrected chi connectivity index (χ4v) is 5.66. The van der Waals surface area contributed by atoms with E-state index in [1.165, 1.54) is 0 Å². The molecule has 0 unspecified atom stereocenters. The highest BCUT2D eigenvalue weighted by molar-refractivity contribution is 6.00. The number of carbonyl (C=O) groups excluding carboxylic acids is 2. The van der Waals surface area contributed by atoms with Crippen LogP contribution in [0.4, 0.5) is 16.2 Å². The number of rotatable bonds is 11. The Balaban J connectivity index is 1.29. The number of aliphatic hydroxyl groups excluding tert-OH is 1. The molecule has 1 aliphatic rings. The molecule has 3 N–H and O–H groups in total. The third kappa shape index (κ3) is 9.27. The van der Waals surface area contributed by atoms with Crippen LogP contribution in [0.25, 0.3) is 0 Å². The van der Waals surface area contributed by atoms with Crippen molar-refractivity contribution in [1.29, 1.82) is 0 Å². The minimum Gasteiger partial charge on any atom is -0.497 e. The highest BCUT2D eigenvalue weighted by Crippen LogP contribution is 2.30. The number of nitrogens with zero attached hydrogens (tertiary/aromatic N) is 2. The summed E-state index contributed by atoms with van der Waals surface area (Å²) in [5, 5.41) is 15.7. The average Bonchev–Trinajstić information content (AvgIpc) is 3.13. The van der Waals surface area contributed by atoms with Crippen LogP contribution in [0.5, 0.6) is 23.0 Å². The van der Waals surface area contributed by atoms with Gasteiger partial charge in [0.05, 0.1) is 26.2 Å². The molecule has 3 atom stereocenters. The molecule has 10 heteroatoms. The summed E-state index contributed by atoms with van der Waals surface area (Å²) in [7, 11) is 3.63. The summed E-state index contributed by atoms with van der Waals surface area (Å²) < 4.78 is 17.8. The molecular formula is C38H44N4O6. The van der Waals surface area contributed by atoms with Gasteiger partial charge in [-0.25, -0.2) is 4.79 Å². The van der Waals surface area contributed by atoms with Gasteiger partial charge in [0.1, 0.15) is 29.1 Å². The molecule has 10 nitrogen and oxygen atoms in total. The van der Waals surface area contributed by atoms with Gasteiger partial charge in [-0.15, -0.1) is 0 Å². The third-order valence-corrected chi connectivity index (χ3v) is 8.37. The second-order valence-corrected chi connectivity index (χ2v) is 12.3. The highest BCUT2D eigenvalue weighted by Gasteiger charge is 2.31. The number of hydrogen-bond acceptors (Lipinski definition) is 7. The maximum Gasteiger partial charge on any atom is 0.323 e. The van der Waals surface area contributed by atoms with E-state index in [1.54, 1.807) is 48.4 Å². The number of aliphatic hydroxyl groups is 1. The van der Waals surface area contributed by atoms with Gasteiger partial charge in [-0.05, 0) is 86.3 Å². The normalized spacial score (nSPS) is 16.9. The number of carbonyl (C=O) groups is 2. The van der Waals surface area contributed by atoms with Gasteiger partial charge in [-0.3, -0.25) is 9.69 Å². The zero-order valence-electron chi connectivity index (χ0n) is 27.9. The van der Waals surface area contributed by atoms with Crippen molar-refractivity contribution in [2.75, 3.05) is 44.5 Å². The monoisotopic (exact) mass is 652 g/mol. The van der Waals surface area contributed by atoms with Crippen LogP contribution in [-0.4, -0.2) is 72.8 Å². The Hall–Kier alpha value is -5.06. The molecule has 4 aromatic carbocycles. The van der Waals surface area contributed by atoms with E-state index in [4.69, 9.17) is 14.2 Å². The van der Waals surface area contributed by atoms with Crippen LogP contribution in [0.1, 0.15) is 25.0 Å². The first-order valence-corrected chi connectivity index (χ1v) is 16.1. The Morgan fingerprint density at radius 3 is 2.29 bits per heavy atom. The predicted octanol–water partition coefficient (Wildman–Crippen LogP) is 6.41. The lowest BCUT2D eigenvalue weighted by molar-refractivity contribution is -0.134. The van der Waals surface area contributed by atoms with Gasteiger partial charge in [0.2, 0.25) is 5.91 Å². The van der Waals surface area contributed by atoms with Crippen LogP contribution < -0.4 is 24.8 Å². The molecule has 3 amide bonds. The number of likely N-dealkylation sites (N-methyl/N-ethyl adjacent to an activating group) is 1. The second kappa shape index (κ2) is 16.2. The average molecular weight is 653 g/mol. The number of urea groups is 1. The van der Waals surface area contributed by atoms with Gasteiger partial charge in [0.15, 0.2) is 0 Å². The molecule has 0 saturated carbocycles. The number of amides is 3. The molecule has 0 radical (unpaired) electrons. The first kappa shape index (κ1) is 34.3. The number of para-hydroxylation sites is 1. The number of anilines is 2. The Kier molecular flexibility index (Phi) is 11.5. The molecule has 0 spiro atoms. The zero-order chi connectivity index (χ0) is 34.0. The van der Waals surface area contributed by atoms with E-state index in [1.807, 2.05) is 62.5 Å². The Morgan fingerprint density at radius 1 is 0.958 bits per heavy atom. The third-order valence-electron chi connectivity index (χ3n) is 8.37. The van der Waals surface area contributed by atoms with Gasteiger partial charge >= 0.3 is 6.03 Å². The van der Waals surface area contributed by atoms with Crippen LogP contribution in [-0.2, 0) is 17.8 Å². The molecule has 4 aromatic rings. The van der Waals surface area contributed by atoms with E-state index in [9.17, 15) is 14.7 Å². The van der Waals surface area contributed by atoms with Crippen molar-refractivity contribution in [1.82, 2.24) is 9.80 Å². The van der Waals surface area contributed by atoms with Crippen LogP contribution in [0.15, 0.2) is 97.1 Å². The van der Waals surface area contributed by atoms with Gasteiger partial charge in [-0.1, -0.05) is 37.3 Å². The van der Waals surface area contributed by atoms with Crippen LogP contribution >= 0.6 is 0 Å². The quantitative estimate of drug-likeness (QED) is 0.172. The maximum absolute atomic E-state index is 13.6. The summed E-state index contributed by atoms with van der Waals surface area (Å²) in [5.41, 5.74) is 2.93. The molecule has 5 rings (SSSR count). The van der Waals surface area contributed by atoms with E-state index >= 15 is 0 Å².